The number of carbonyl (C=O) groups excluding carboxylic acids is 1. The number of carbonyl (C=O) groups is 1. The van der Waals surface area contributed by atoms with Crippen molar-refractivity contribution >= 4 is 29.0 Å². The molecule has 4 heterocycles. The Labute approximate surface area is 196 Å². The number of aryl methyl sites for hydroxylation is 1. The molecule has 8 heteroatoms. The number of unbranched alkanes of at least 4 members (excludes halogenated alkanes) is 1. The fourth-order valence-electron chi connectivity index (χ4n) is 4.99. The zero-order valence-electron chi connectivity index (χ0n) is 18.3. The van der Waals surface area contributed by atoms with Gasteiger partial charge in [0.25, 0.3) is 0 Å². The summed E-state index contributed by atoms with van der Waals surface area (Å²) in [6.07, 6.45) is 12.3. The van der Waals surface area contributed by atoms with Crippen LogP contribution in [0.4, 0.5) is 5.82 Å². The van der Waals surface area contributed by atoms with Crippen LogP contribution in [0.3, 0.4) is 0 Å². The number of imidazole rings is 1. The van der Waals surface area contributed by atoms with Gasteiger partial charge in [-0.2, -0.15) is 0 Å². The second-order valence-corrected chi connectivity index (χ2v) is 9.27. The SMILES string of the molecule is CCCCc1nc(-c2ncc3c(n2)NC(=O)C3(c2ccc(Cl)cc2)C2CC2)cn2ccnc12. The average Bonchev–Trinajstić information content (AvgIpc) is 3.48. The molecule has 1 fully saturated rings. The molecule has 1 aliphatic carbocycles. The predicted octanol–water partition coefficient (Wildman–Crippen LogP) is 4.83. The van der Waals surface area contributed by atoms with E-state index in [9.17, 15) is 4.79 Å². The van der Waals surface area contributed by atoms with Crippen LogP contribution in [0.25, 0.3) is 17.2 Å². The highest BCUT2D eigenvalue weighted by Crippen LogP contribution is 2.56. The van der Waals surface area contributed by atoms with E-state index < -0.39 is 5.41 Å². The van der Waals surface area contributed by atoms with Crippen LogP contribution in [-0.2, 0) is 16.6 Å². The zero-order valence-corrected chi connectivity index (χ0v) is 19.0. The Morgan fingerprint density at radius 2 is 2.00 bits per heavy atom. The summed E-state index contributed by atoms with van der Waals surface area (Å²) in [6, 6.07) is 7.56. The summed E-state index contributed by atoms with van der Waals surface area (Å²) in [4.78, 5) is 32.2. The molecule has 1 unspecified atom stereocenters. The van der Waals surface area contributed by atoms with E-state index in [0.717, 1.165) is 54.6 Å². The predicted molar refractivity (Wildman–Crippen MR) is 126 cm³/mol. The Morgan fingerprint density at radius 3 is 2.76 bits per heavy atom. The number of hydrogen-bond donors (Lipinski definition) is 1. The zero-order chi connectivity index (χ0) is 22.6. The Morgan fingerprint density at radius 1 is 1.18 bits per heavy atom. The van der Waals surface area contributed by atoms with E-state index in [-0.39, 0.29) is 11.8 Å². The molecule has 0 spiro atoms. The molecule has 4 aromatic rings. The van der Waals surface area contributed by atoms with Crippen molar-refractivity contribution in [3.63, 3.8) is 0 Å². The van der Waals surface area contributed by atoms with Gasteiger partial charge < -0.3 is 9.72 Å². The molecular formula is C25H23ClN6O. The number of rotatable bonds is 6. The first-order valence-electron chi connectivity index (χ1n) is 11.4. The van der Waals surface area contributed by atoms with Crippen LogP contribution in [0.1, 0.15) is 49.4 Å². The third-order valence-corrected chi connectivity index (χ3v) is 6.98. The first-order chi connectivity index (χ1) is 16.1. The minimum atomic E-state index is -0.771. The maximum Gasteiger partial charge on any atom is 0.241 e. The van der Waals surface area contributed by atoms with E-state index in [4.69, 9.17) is 26.6 Å². The first kappa shape index (κ1) is 20.3. The second-order valence-electron chi connectivity index (χ2n) is 8.83. The van der Waals surface area contributed by atoms with Crippen LogP contribution in [0, 0.1) is 5.92 Å². The Hall–Kier alpha value is -3.32. The number of benzene rings is 1. The lowest BCUT2D eigenvalue weighted by molar-refractivity contribution is -0.120. The smallest absolute Gasteiger partial charge is 0.241 e. The molecular weight excluding hydrogens is 436 g/mol. The number of nitrogens with zero attached hydrogens (tertiary/aromatic N) is 5. The van der Waals surface area contributed by atoms with Crippen molar-refractivity contribution in [1.82, 2.24) is 24.3 Å². The third-order valence-electron chi connectivity index (χ3n) is 6.73. The molecule has 6 rings (SSSR count). The molecule has 0 saturated heterocycles. The van der Waals surface area contributed by atoms with Crippen molar-refractivity contribution in [1.29, 1.82) is 0 Å². The number of nitrogens with one attached hydrogen (secondary N) is 1. The van der Waals surface area contributed by atoms with Crippen molar-refractivity contribution in [3.8, 4) is 11.5 Å². The molecule has 166 valence electrons. The van der Waals surface area contributed by atoms with Crippen molar-refractivity contribution in [2.75, 3.05) is 5.32 Å². The van der Waals surface area contributed by atoms with Gasteiger partial charge in [-0.15, -0.1) is 0 Å². The lowest BCUT2D eigenvalue weighted by Gasteiger charge is -2.27. The van der Waals surface area contributed by atoms with E-state index in [1.54, 1.807) is 12.4 Å². The van der Waals surface area contributed by atoms with Crippen LogP contribution < -0.4 is 5.32 Å². The number of amides is 1. The molecule has 1 saturated carbocycles. The highest BCUT2D eigenvalue weighted by atomic mass is 35.5. The molecule has 1 amide bonds. The number of halogens is 1. The fraction of sp³-hybridized carbons (Fsp3) is 0.320. The average molecular weight is 459 g/mol. The minimum Gasteiger partial charge on any atom is -0.309 e. The monoisotopic (exact) mass is 458 g/mol. The molecule has 3 aromatic heterocycles. The molecule has 0 radical (unpaired) electrons. The molecule has 7 nitrogen and oxygen atoms in total. The minimum absolute atomic E-state index is 0.0459. The maximum atomic E-state index is 13.4. The topological polar surface area (TPSA) is 85.1 Å². The molecule has 1 atom stereocenters. The number of fused-ring (bicyclic) bond motifs is 2. The van der Waals surface area contributed by atoms with E-state index >= 15 is 0 Å². The molecule has 33 heavy (non-hydrogen) atoms. The summed E-state index contributed by atoms with van der Waals surface area (Å²) in [5.74, 6) is 1.24. The van der Waals surface area contributed by atoms with Gasteiger partial charge in [0, 0.05) is 35.4 Å². The largest absolute Gasteiger partial charge is 0.309 e. The van der Waals surface area contributed by atoms with Crippen molar-refractivity contribution in [2.24, 2.45) is 5.92 Å². The molecule has 1 aliphatic heterocycles. The summed E-state index contributed by atoms with van der Waals surface area (Å²) in [7, 11) is 0. The highest BCUT2D eigenvalue weighted by Gasteiger charge is 2.58. The lowest BCUT2D eigenvalue weighted by atomic mass is 9.72. The van der Waals surface area contributed by atoms with Gasteiger partial charge >= 0.3 is 0 Å². The normalized spacial score (nSPS) is 19.6. The van der Waals surface area contributed by atoms with Gasteiger partial charge in [0.15, 0.2) is 11.5 Å². The molecule has 2 aliphatic rings. The van der Waals surface area contributed by atoms with Gasteiger partial charge in [-0.05, 0) is 49.3 Å². The van der Waals surface area contributed by atoms with E-state index in [0.29, 0.717) is 22.4 Å². The Kier molecular flexibility index (Phi) is 4.69. The van der Waals surface area contributed by atoms with Crippen LogP contribution in [-0.4, -0.2) is 30.2 Å². The van der Waals surface area contributed by atoms with Crippen molar-refractivity contribution in [2.45, 2.75) is 44.4 Å². The van der Waals surface area contributed by atoms with Gasteiger partial charge in [0.1, 0.15) is 16.9 Å². The second kappa shape index (κ2) is 7.63. The van der Waals surface area contributed by atoms with Gasteiger partial charge in [0.2, 0.25) is 5.91 Å². The van der Waals surface area contributed by atoms with Crippen LogP contribution in [0.2, 0.25) is 5.02 Å². The van der Waals surface area contributed by atoms with Gasteiger partial charge in [-0.25, -0.2) is 19.9 Å². The van der Waals surface area contributed by atoms with E-state index in [2.05, 4.69) is 17.2 Å². The summed E-state index contributed by atoms with van der Waals surface area (Å²) in [5, 5.41) is 3.69. The van der Waals surface area contributed by atoms with Gasteiger partial charge in [0.05, 0.1) is 5.69 Å². The standard InChI is InChI=1S/C25H23ClN6O/c1-2-3-4-19-23-27-11-12-32(23)14-20(29-19)22-28-13-18-21(30-22)31-24(33)25(18,15-5-6-15)16-7-9-17(26)10-8-16/h7-15H,2-6H2,1H3,(H,28,30,31,33). The number of aromatic nitrogens is 5. The van der Waals surface area contributed by atoms with Crippen LogP contribution in [0.5, 0.6) is 0 Å². The lowest BCUT2D eigenvalue weighted by Crippen LogP contribution is -2.38. The van der Waals surface area contributed by atoms with Crippen LogP contribution >= 0.6 is 11.6 Å². The van der Waals surface area contributed by atoms with Gasteiger partial charge in [-0.1, -0.05) is 37.1 Å². The first-order valence-corrected chi connectivity index (χ1v) is 11.8. The Bertz CT molecular complexity index is 1380. The molecule has 1 N–H and O–H groups in total. The van der Waals surface area contributed by atoms with Crippen LogP contribution in [0.15, 0.2) is 49.1 Å². The van der Waals surface area contributed by atoms with Crippen molar-refractivity contribution < 1.29 is 4.79 Å². The van der Waals surface area contributed by atoms with E-state index in [1.165, 1.54) is 0 Å². The number of anilines is 1. The summed E-state index contributed by atoms with van der Waals surface area (Å²) in [5.41, 5.74) is 3.45. The van der Waals surface area contributed by atoms with Gasteiger partial charge in [-0.3, -0.25) is 4.79 Å². The third kappa shape index (κ3) is 3.14. The fourth-order valence-corrected chi connectivity index (χ4v) is 5.12. The quantitative estimate of drug-likeness (QED) is 0.447. The molecule has 1 aromatic carbocycles. The summed E-state index contributed by atoms with van der Waals surface area (Å²) >= 11 is 6.12. The molecule has 0 bridgehead atoms. The summed E-state index contributed by atoms with van der Waals surface area (Å²) in [6.45, 7) is 2.16. The summed E-state index contributed by atoms with van der Waals surface area (Å²) < 4.78 is 1.96. The maximum absolute atomic E-state index is 13.4. The van der Waals surface area contributed by atoms with E-state index in [1.807, 2.05) is 41.1 Å². The highest BCUT2D eigenvalue weighted by molar-refractivity contribution is 6.30. The van der Waals surface area contributed by atoms with Crippen molar-refractivity contribution in [3.05, 3.63) is 70.9 Å². The number of hydrogen-bond acceptors (Lipinski definition) is 5. The Balaban J connectivity index is 1.46.